The number of pyridine rings is 1. The average Bonchev–Trinajstić information content (AvgIpc) is 3.40. The van der Waals surface area contributed by atoms with Gasteiger partial charge in [-0.1, -0.05) is 97.1 Å². The van der Waals surface area contributed by atoms with E-state index in [2.05, 4.69) is 68.2 Å². The summed E-state index contributed by atoms with van der Waals surface area (Å²) in [6.45, 7) is 9.97. The Morgan fingerprint density at radius 1 is 0.884 bits per heavy atom. The molecule has 4 aromatic carbocycles. The Balaban J connectivity index is 0.000000475. The summed E-state index contributed by atoms with van der Waals surface area (Å²) in [6, 6.07) is 34.9. The normalized spacial score (nSPS) is 11.5. The summed E-state index contributed by atoms with van der Waals surface area (Å²) >= 11 is 0. The maximum absolute atomic E-state index is 10.0. The van der Waals surface area contributed by atoms with Gasteiger partial charge in [0.05, 0.1) is 19.4 Å². The van der Waals surface area contributed by atoms with E-state index < -0.39 is 8.07 Å². The summed E-state index contributed by atoms with van der Waals surface area (Å²) in [6.07, 6.45) is 3.06. The number of benzene rings is 4. The van der Waals surface area contributed by atoms with Crippen molar-refractivity contribution in [2.45, 2.75) is 33.5 Å². The van der Waals surface area contributed by atoms with E-state index in [1.165, 1.54) is 30.5 Å². The van der Waals surface area contributed by atoms with Crippen molar-refractivity contribution in [1.29, 1.82) is 0 Å². The molecule has 0 saturated carbocycles. The molecular weight excluding hydrogens is 729 g/mol. The number of aliphatic hydroxyl groups is 1. The summed E-state index contributed by atoms with van der Waals surface area (Å²) < 4.78 is 6.31. The number of ketones is 1. The van der Waals surface area contributed by atoms with Gasteiger partial charge in [-0.2, -0.15) is 0 Å². The fourth-order valence-electron chi connectivity index (χ4n) is 4.78. The molecule has 0 fully saturated rings. The van der Waals surface area contributed by atoms with Gasteiger partial charge >= 0.3 is 0 Å². The first-order valence-electron chi connectivity index (χ1n) is 13.9. The molecule has 43 heavy (non-hydrogen) atoms. The molecule has 0 saturated heterocycles. The molecule has 2 aromatic heterocycles. The van der Waals surface area contributed by atoms with Crippen molar-refractivity contribution in [2.75, 3.05) is 0 Å². The number of oxazole rings is 1. The molecule has 0 unspecified atom stereocenters. The fourth-order valence-corrected chi connectivity index (χ4v) is 5.95. The van der Waals surface area contributed by atoms with Crippen molar-refractivity contribution in [2.24, 2.45) is 0 Å². The number of aliphatic hydroxyl groups excluding tert-OH is 1. The van der Waals surface area contributed by atoms with Gasteiger partial charge in [0.15, 0.2) is 5.78 Å². The minimum atomic E-state index is -1.42. The van der Waals surface area contributed by atoms with E-state index in [4.69, 9.17) is 19.5 Å². The molecule has 0 bridgehead atoms. The summed E-state index contributed by atoms with van der Waals surface area (Å²) in [5.74, 6) is 0.532. The van der Waals surface area contributed by atoms with Gasteiger partial charge in [0.1, 0.15) is 0 Å². The van der Waals surface area contributed by atoms with E-state index >= 15 is 0 Å². The molecule has 0 atom stereocenters. The molecule has 0 aliphatic heterocycles. The molecule has 219 valence electrons. The van der Waals surface area contributed by atoms with E-state index in [0.29, 0.717) is 11.4 Å². The van der Waals surface area contributed by atoms with Crippen molar-refractivity contribution in [3.63, 3.8) is 0 Å². The molecule has 0 spiro atoms. The van der Waals surface area contributed by atoms with Crippen molar-refractivity contribution in [1.82, 2.24) is 9.97 Å². The number of rotatable bonds is 5. The van der Waals surface area contributed by atoms with Gasteiger partial charge in [-0.15, -0.1) is 17.7 Å². The van der Waals surface area contributed by atoms with Gasteiger partial charge in [-0.25, -0.2) is 4.98 Å². The second-order valence-corrected chi connectivity index (χ2v) is 16.3. The van der Waals surface area contributed by atoms with Crippen LogP contribution >= 0.6 is 0 Å². The number of carbonyl (C=O) groups excluding carboxylic acids is 1. The van der Waals surface area contributed by atoms with Gasteiger partial charge in [0, 0.05) is 43.5 Å². The third-order valence-electron chi connectivity index (χ3n) is 6.82. The van der Waals surface area contributed by atoms with Gasteiger partial charge in [0.2, 0.25) is 5.89 Å². The van der Waals surface area contributed by atoms with Crippen molar-refractivity contribution in [3.05, 3.63) is 115 Å². The number of hydrogen-bond acceptors (Lipinski definition) is 5. The van der Waals surface area contributed by atoms with Crippen LogP contribution in [0.4, 0.5) is 0 Å². The van der Waals surface area contributed by atoms with Gasteiger partial charge in [-0.05, 0) is 54.1 Å². The first kappa shape index (κ1) is 31.8. The Kier molecular flexibility index (Phi) is 9.92. The van der Waals surface area contributed by atoms with E-state index in [-0.39, 0.29) is 31.6 Å². The number of carbonyl (C=O) groups is 1. The zero-order valence-electron chi connectivity index (χ0n) is 24.8. The monoisotopic (exact) mass is 762 g/mol. The zero-order valence-corrected chi connectivity index (χ0v) is 28.2. The largest absolute Gasteiger partial charge is 0.512 e. The first-order valence-corrected chi connectivity index (χ1v) is 17.4. The number of nitrogens with zero attached hydrogens (tertiary/aromatic N) is 2. The third-order valence-corrected chi connectivity index (χ3v) is 8.86. The van der Waals surface area contributed by atoms with Crippen molar-refractivity contribution in [3.8, 4) is 33.8 Å². The average molecular weight is 762 g/mol. The van der Waals surface area contributed by atoms with E-state index in [1.807, 2.05) is 54.7 Å². The molecule has 7 heteroatoms. The van der Waals surface area contributed by atoms with Crippen LogP contribution in [-0.4, -0.2) is 28.9 Å². The molecule has 5 nitrogen and oxygen atoms in total. The van der Waals surface area contributed by atoms with Gasteiger partial charge in [-0.3, -0.25) is 4.79 Å². The Bertz CT molecular complexity index is 1910. The summed E-state index contributed by atoms with van der Waals surface area (Å²) in [5.41, 5.74) is 6.27. The van der Waals surface area contributed by atoms with E-state index in [1.54, 1.807) is 0 Å². The second-order valence-electron chi connectivity index (χ2n) is 11.3. The maximum atomic E-state index is 10.0. The van der Waals surface area contributed by atoms with Crippen molar-refractivity contribution < 1.29 is 34.4 Å². The molecule has 6 rings (SSSR count). The van der Waals surface area contributed by atoms with Crippen LogP contribution in [0.3, 0.4) is 0 Å². The van der Waals surface area contributed by atoms with Crippen LogP contribution in [0.2, 0.25) is 19.6 Å². The number of allylic oxidation sites excluding steroid dienone is 2. The second kappa shape index (κ2) is 13.4. The first-order chi connectivity index (χ1) is 20.1. The number of hydrogen-bond donors (Lipinski definition) is 1. The number of fused-ring (bicyclic) bond motifs is 2. The standard InChI is InChI=1S/C31H25N2OSi.C5H8O2.Ir/c1-35(2,3)25-14-15-26-23(18-25)16-17-32-29(26)24-19-27(21-10-6-4-7-11-21)30-28(20-24)33-31(34-30)22-12-8-5-9-13-22;1-4(6)3-5(2)7;/h4-19H,1-3H3;3,6H,1-2H3;/q-1;;/b;4-3-;. The summed E-state index contributed by atoms with van der Waals surface area (Å²) in [5, 5.41) is 12.1. The smallest absolute Gasteiger partial charge is 0.216 e. The Hall–Kier alpha value is -4.16. The quantitative estimate of drug-likeness (QED) is 0.0824. The Morgan fingerprint density at radius 2 is 1.53 bits per heavy atom. The number of aromatic nitrogens is 2. The molecule has 1 N–H and O–H groups in total. The fraction of sp³-hybridized carbons (Fsp3) is 0.139. The van der Waals surface area contributed by atoms with Crippen LogP contribution < -0.4 is 5.19 Å². The predicted molar refractivity (Wildman–Crippen MR) is 175 cm³/mol. The van der Waals surface area contributed by atoms with Gasteiger partial charge < -0.3 is 14.5 Å². The van der Waals surface area contributed by atoms with Crippen molar-refractivity contribution >= 4 is 40.9 Å². The maximum Gasteiger partial charge on any atom is 0.216 e. The molecule has 2 heterocycles. The Labute approximate surface area is 266 Å². The molecular formula is C36H33IrN2O3Si-. The SMILES string of the molecule is CC(=O)/C=C(/C)O.C[Si](C)(C)c1ccc2c(-c3[c-]c4nc(-c5ccccc5)oc4c(-c4ccccc4)c3)nccc2c1.[Ir]. The third kappa shape index (κ3) is 7.44. The summed E-state index contributed by atoms with van der Waals surface area (Å²) in [7, 11) is -1.42. The van der Waals surface area contributed by atoms with Crippen LogP contribution in [0, 0.1) is 6.07 Å². The topological polar surface area (TPSA) is 76.2 Å². The molecule has 0 aliphatic rings. The molecule has 1 radical (unpaired) electrons. The predicted octanol–water partition coefficient (Wildman–Crippen LogP) is 8.76. The van der Waals surface area contributed by atoms with E-state index in [9.17, 15) is 4.79 Å². The van der Waals surface area contributed by atoms with Crippen LogP contribution in [0.5, 0.6) is 0 Å². The van der Waals surface area contributed by atoms with Crippen LogP contribution in [0.25, 0.3) is 55.7 Å². The minimum absolute atomic E-state index is 0. The molecule has 0 amide bonds. The summed E-state index contributed by atoms with van der Waals surface area (Å²) in [4.78, 5) is 19.7. The van der Waals surface area contributed by atoms with Crippen LogP contribution in [0.1, 0.15) is 13.8 Å². The molecule has 0 aliphatic carbocycles. The van der Waals surface area contributed by atoms with Crippen LogP contribution in [-0.2, 0) is 24.9 Å². The minimum Gasteiger partial charge on any atom is -0.512 e. The Morgan fingerprint density at radius 3 is 2.12 bits per heavy atom. The van der Waals surface area contributed by atoms with E-state index in [0.717, 1.165) is 38.9 Å². The van der Waals surface area contributed by atoms with Crippen LogP contribution in [0.15, 0.2) is 113 Å². The molecule has 6 aromatic rings. The zero-order chi connectivity index (χ0) is 29.9. The van der Waals surface area contributed by atoms with Gasteiger partial charge in [0.25, 0.3) is 0 Å².